The Morgan fingerprint density at radius 3 is 2.21 bits per heavy atom. The van der Waals surface area contributed by atoms with E-state index in [0.29, 0.717) is 5.02 Å². The maximum atomic E-state index is 5.85. The molecule has 3 rings (SSSR count). The van der Waals surface area contributed by atoms with Gasteiger partial charge in [0.15, 0.2) is 0 Å². The van der Waals surface area contributed by atoms with E-state index in [-0.39, 0.29) is 0 Å². The lowest BCUT2D eigenvalue weighted by atomic mass is 10.3. The minimum absolute atomic E-state index is 0.667. The van der Waals surface area contributed by atoms with E-state index in [1.807, 2.05) is 18.2 Å². The van der Waals surface area contributed by atoms with Crippen molar-refractivity contribution in [3.63, 3.8) is 0 Å². The van der Waals surface area contributed by atoms with E-state index in [1.54, 1.807) is 18.6 Å². The van der Waals surface area contributed by atoms with E-state index in [9.17, 15) is 0 Å². The van der Waals surface area contributed by atoms with Crippen molar-refractivity contribution in [2.75, 3.05) is 36.0 Å². The molecule has 19 heavy (non-hydrogen) atoms. The van der Waals surface area contributed by atoms with Gasteiger partial charge in [-0.15, -0.1) is 0 Å². The van der Waals surface area contributed by atoms with Crippen LogP contribution in [-0.2, 0) is 0 Å². The predicted octanol–water partition coefficient (Wildman–Crippen LogP) is 1.85. The average Bonchev–Trinajstić information content (AvgIpc) is 2.49. The molecule has 3 heterocycles. The summed E-state index contributed by atoms with van der Waals surface area (Å²) in [6.07, 6.45) is 5.23. The molecule has 1 saturated heterocycles. The van der Waals surface area contributed by atoms with E-state index in [1.165, 1.54) is 0 Å². The molecule has 0 atom stereocenters. The molecule has 0 saturated carbocycles. The molecule has 1 aliphatic heterocycles. The molecule has 0 bridgehead atoms. The van der Waals surface area contributed by atoms with Crippen LogP contribution in [0.2, 0.25) is 5.02 Å². The lowest BCUT2D eigenvalue weighted by Gasteiger charge is -2.35. The summed E-state index contributed by atoms with van der Waals surface area (Å²) in [5.41, 5.74) is 0. The summed E-state index contributed by atoms with van der Waals surface area (Å²) >= 11 is 5.85. The van der Waals surface area contributed by atoms with Gasteiger partial charge in [-0.3, -0.25) is 0 Å². The van der Waals surface area contributed by atoms with E-state index >= 15 is 0 Å². The summed E-state index contributed by atoms with van der Waals surface area (Å²) < 4.78 is 0. The number of pyridine rings is 1. The van der Waals surface area contributed by atoms with Crippen molar-refractivity contribution in [1.29, 1.82) is 0 Å². The van der Waals surface area contributed by atoms with Crippen LogP contribution in [0.4, 0.5) is 11.8 Å². The summed E-state index contributed by atoms with van der Waals surface area (Å²) in [6.45, 7) is 3.61. The fourth-order valence-electron chi connectivity index (χ4n) is 2.15. The van der Waals surface area contributed by atoms with Crippen molar-refractivity contribution in [1.82, 2.24) is 15.0 Å². The molecule has 98 valence electrons. The van der Waals surface area contributed by atoms with Crippen molar-refractivity contribution in [3.05, 3.63) is 41.8 Å². The normalized spacial score (nSPS) is 15.6. The molecule has 0 spiro atoms. The Balaban J connectivity index is 1.65. The van der Waals surface area contributed by atoms with Crippen LogP contribution < -0.4 is 9.80 Å². The zero-order valence-electron chi connectivity index (χ0n) is 10.4. The molecule has 0 aliphatic carbocycles. The monoisotopic (exact) mass is 275 g/mol. The molecule has 1 aliphatic rings. The second kappa shape index (κ2) is 5.40. The van der Waals surface area contributed by atoms with Crippen LogP contribution in [-0.4, -0.2) is 41.1 Å². The number of piperazine rings is 1. The van der Waals surface area contributed by atoms with Gasteiger partial charge in [-0.05, 0) is 18.2 Å². The highest BCUT2D eigenvalue weighted by molar-refractivity contribution is 6.30. The van der Waals surface area contributed by atoms with Crippen molar-refractivity contribution < 1.29 is 0 Å². The summed E-state index contributed by atoms with van der Waals surface area (Å²) in [5.74, 6) is 1.77. The molecule has 2 aromatic rings. The maximum Gasteiger partial charge on any atom is 0.225 e. The van der Waals surface area contributed by atoms with E-state index < -0.39 is 0 Å². The van der Waals surface area contributed by atoms with E-state index in [4.69, 9.17) is 11.6 Å². The predicted molar refractivity (Wildman–Crippen MR) is 75.7 cm³/mol. The lowest BCUT2D eigenvalue weighted by molar-refractivity contribution is 0.634. The highest BCUT2D eigenvalue weighted by atomic mass is 35.5. The van der Waals surface area contributed by atoms with Gasteiger partial charge in [0.25, 0.3) is 0 Å². The third-order valence-electron chi connectivity index (χ3n) is 3.15. The van der Waals surface area contributed by atoms with E-state index in [0.717, 1.165) is 37.9 Å². The number of rotatable bonds is 2. The first-order chi connectivity index (χ1) is 9.33. The summed E-state index contributed by atoms with van der Waals surface area (Å²) in [7, 11) is 0. The number of halogens is 1. The SMILES string of the molecule is Clc1ccc(N2CCN(c3ncccn3)CC2)nc1. The van der Waals surface area contributed by atoms with Gasteiger partial charge in [-0.2, -0.15) is 0 Å². The topological polar surface area (TPSA) is 45.2 Å². The van der Waals surface area contributed by atoms with Gasteiger partial charge >= 0.3 is 0 Å². The lowest BCUT2D eigenvalue weighted by Crippen LogP contribution is -2.47. The molecule has 0 unspecified atom stereocenters. The largest absolute Gasteiger partial charge is 0.353 e. The van der Waals surface area contributed by atoms with Gasteiger partial charge in [0.2, 0.25) is 5.95 Å². The van der Waals surface area contributed by atoms with Crippen molar-refractivity contribution in [3.8, 4) is 0 Å². The van der Waals surface area contributed by atoms with Crippen LogP contribution in [0, 0.1) is 0 Å². The third-order valence-corrected chi connectivity index (χ3v) is 3.37. The smallest absolute Gasteiger partial charge is 0.225 e. The quantitative estimate of drug-likeness (QED) is 0.837. The fourth-order valence-corrected chi connectivity index (χ4v) is 2.26. The van der Waals surface area contributed by atoms with Crippen molar-refractivity contribution in [2.45, 2.75) is 0 Å². The van der Waals surface area contributed by atoms with Gasteiger partial charge in [0, 0.05) is 44.8 Å². The molecule has 1 fully saturated rings. The Hall–Kier alpha value is -1.88. The van der Waals surface area contributed by atoms with Crippen LogP contribution in [0.15, 0.2) is 36.8 Å². The van der Waals surface area contributed by atoms with Crippen LogP contribution in [0.25, 0.3) is 0 Å². The molecular formula is C13H14ClN5. The van der Waals surface area contributed by atoms with Crippen LogP contribution in [0.3, 0.4) is 0 Å². The standard InChI is InChI=1S/C13H14ClN5/c14-11-2-3-12(17-10-11)18-6-8-19(9-7-18)13-15-4-1-5-16-13/h1-5,10H,6-9H2. The molecule has 5 nitrogen and oxygen atoms in total. The first-order valence-electron chi connectivity index (χ1n) is 6.21. The first kappa shape index (κ1) is 12.2. The van der Waals surface area contributed by atoms with Gasteiger partial charge in [-0.1, -0.05) is 11.6 Å². The number of hydrogen-bond acceptors (Lipinski definition) is 5. The van der Waals surface area contributed by atoms with Gasteiger partial charge in [-0.25, -0.2) is 15.0 Å². The minimum atomic E-state index is 0.667. The van der Waals surface area contributed by atoms with Crippen molar-refractivity contribution in [2.24, 2.45) is 0 Å². The van der Waals surface area contributed by atoms with Crippen LogP contribution in [0.1, 0.15) is 0 Å². The fraction of sp³-hybridized carbons (Fsp3) is 0.308. The number of hydrogen-bond donors (Lipinski definition) is 0. The Morgan fingerprint density at radius 1 is 0.895 bits per heavy atom. The van der Waals surface area contributed by atoms with Crippen LogP contribution >= 0.6 is 11.6 Å². The molecule has 2 aromatic heterocycles. The second-order valence-electron chi connectivity index (χ2n) is 4.36. The van der Waals surface area contributed by atoms with Crippen molar-refractivity contribution >= 4 is 23.4 Å². The molecular weight excluding hydrogens is 262 g/mol. The Kier molecular flexibility index (Phi) is 3.46. The van der Waals surface area contributed by atoms with Gasteiger partial charge < -0.3 is 9.80 Å². The zero-order valence-corrected chi connectivity index (χ0v) is 11.2. The Bertz CT molecular complexity index is 522. The molecule has 0 radical (unpaired) electrons. The highest BCUT2D eigenvalue weighted by Crippen LogP contribution is 2.17. The second-order valence-corrected chi connectivity index (χ2v) is 4.79. The average molecular weight is 276 g/mol. The molecule has 0 aromatic carbocycles. The van der Waals surface area contributed by atoms with Gasteiger partial charge in [0.1, 0.15) is 5.82 Å². The molecule has 0 N–H and O–H groups in total. The van der Waals surface area contributed by atoms with Gasteiger partial charge in [0.05, 0.1) is 5.02 Å². The number of nitrogens with zero attached hydrogens (tertiary/aromatic N) is 5. The zero-order chi connectivity index (χ0) is 13.1. The third kappa shape index (κ3) is 2.76. The van der Waals surface area contributed by atoms with Crippen LogP contribution in [0.5, 0.6) is 0 Å². The summed E-state index contributed by atoms with van der Waals surface area (Å²) in [4.78, 5) is 17.3. The summed E-state index contributed by atoms with van der Waals surface area (Å²) in [6, 6.07) is 5.66. The minimum Gasteiger partial charge on any atom is -0.353 e. The highest BCUT2D eigenvalue weighted by Gasteiger charge is 2.19. The Labute approximate surface area is 116 Å². The number of anilines is 2. The molecule has 6 heteroatoms. The first-order valence-corrected chi connectivity index (χ1v) is 6.59. The Morgan fingerprint density at radius 2 is 1.58 bits per heavy atom. The number of aromatic nitrogens is 3. The summed E-state index contributed by atoms with van der Waals surface area (Å²) in [5, 5.41) is 0.667. The maximum absolute atomic E-state index is 5.85. The molecule has 0 amide bonds. The van der Waals surface area contributed by atoms with E-state index in [2.05, 4.69) is 24.8 Å².